The van der Waals surface area contributed by atoms with E-state index in [0.717, 1.165) is 0 Å². The lowest BCUT2D eigenvalue weighted by Gasteiger charge is -2.17. The lowest BCUT2D eigenvalue weighted by molar-refractivity contribution is -0.145. The van der Waals surface area contributed by atoms with Crippen molar-refractivity contribution in [3.63, 3.8) is 0 Å². The molecule has 0 radical (unpaired) electrons. The monoisotopic (exact) mass is 235 g/mol. The maximum absolute atomic E-state index is 12.5. The van der Waals surface area contributed by atoms with E-state index in [1.165, 1.54) is 0 Å². The summed E-state index contributed by atoms with van der Waals surface area (Å²) < 4.78 is 37.4. The van der Waals surface area contributed by atoms with E-state index in [1.54, 1.807) is 0 Å². The van der Waals surface area contributed by atoms with E-state index in [0.29, 0.717) is 0 Å². The highest BCUT2D eigenvalue weighted by atomic mass is 19.4. The molecule has 8 heteroatoms. The Bertz CT molecular complexity index is 454. The van der Waals surface area contributed by atoms with Gasteiger partial charge in [0.1, 0.15) is 5.54 Å². The molecule has 1 aromatic rings. The number of hydrogen-bond acceptors (Lipinski definition) is 3. The average Bonchev–Trinajstić information content (AvgIpc) is 2.58. The van der Waals surface area contributed by atoms with Gasteiger partial charge in [-0.1, -0.05) is 0 Å². The number of aromatic nitrogens is 2. The van der Waals surface area contributed by atoms with E-state index >= 15 is 0 Å². The summed E-state index contributed by atoms with van der Waals surface area (Å²) in [7, 11) is 0. The van der Waals surface area contributed by atoms with Crippen molar-refractivity contribution >= 4 is 5.97 Å². The number of nitrogens with zero attached hydrogens (tertiary/aromatic N) is 1. The van der Waals surface area contributed by atoms with Gasteiger partial charge in [0.2, 0.25) is 0 Å². The van der Waals surface area contributed by atoms with Gasteiger partial charge in [0.25, 0.3) is 0 Å². The molecule has 0 saturated heterocycles. The number of nitrogens with one attached hydrogen (secondary N) is 1. The summed E-state index contributed by atoms with van der Waals surface area (Å²) in [6, 6.07) is 0. The quantitative estimate of drug-likeness (QED) is 0.653. The fourth-order valence-electron chi connectivity index (χ4n) is 1.82. The van der Waals surface area contributed by atoms with E-state index in [2.05, 4.69) is 10.2 Å². The van der Waals surface area contributed by atoms with Gasteiger partial charge in [0.05, 0.1) is 0 Å². The van der Waals surface area contributed by atoms with Gasteiger partial charge in [-0.2, -0.15) is 18.3 Å². The molecular formula is C8H8F3N3O2. The van der Waals surface area contributed by atoms with Crippen LogP contribution in [-0.4, -0.2) is 26.8 Å². The molecule has 0 saturated carbocycles. The first-order valence-electron chi connectivity index (χ1n) is 4.39. The molecular weight excluding hydrogens is 227 g/mol. The summed E-state index contributed by atoms with van der Waals surface area (Å²) in [5.41, 5.74) is 2.77. The van der Waals surface area contributed by atoms with Crippen LogP contribution in [0.1, 0.15) is 17.0 Å². The molecule has 1 unspecified atom stereocenters. The predicted molar refractivity (Wildman–Crippen MR) is 45.6 cm³/mol. The minimum atomic E-state index is -4.59. The van der Waals surface area contributed by atoms with Crippen molar-refractivity contribution in [1.82, 2.24) is 10.2 Å². The highest BCUT2D eigenvalue weighted by Gasteiger charge is 2.47. The van der Waals surface area contributed by atoms with Gasteiger partial charge >= 0.3 is 12.1 Å². The third-order valence-corrected chi connectivity index (χ3v) is 2.63. The summed E-state index contributed by atoms with van der Waals surface area (Å²) in [5, 5.41) is 14.1. The average molecular weight is 235 g/mol. The Hall–Kier alpha value is -1.57. The maximum atomic E-state index is 12.5. The number of rotatable bonds is 1. The van der Waals surface area contributed by atoms with E-state index < -0.39 is 23.4 Å². The Morgan fingerprint density at radius 2 is 2.12 bits per heavy atom. The molecule has 88 valence electrons. The molecule has 0 bridgehead atoms. The van der Waals surface area contributed by atoms with Gasteiger partial charge in [0, 0.05) is 24.1 Å². The van der Waals surface area contributed by atoms with Crippen LogP contribution in [-0.2, 0) is 23.8 Å². The van der Waals surface area contributed by atoms with Gasteiger partial charge in [-0.05, 0) is 0 Å². The Labute approximate surface area is 87.4 Å². The van der Waals surface area contributed by atoms with Crippen LogP contribution in [0.4, 0.5) is 13.2 Å². The molecule has 1 atom stereocenters. The highest BCUT2D eigenvalue weighted by Crippen LogP contribution is 2.37. The summed E-state index contributed by atoms with van der Waals surface area (Å²) in [6.45, 7) is 0. The zero-order valence-corrected chi connectivity index (χ0v) is 7.93. The molecule has 0 aromatic carbocycles. The second-order valence-corrected chi connectivity index (χ2v) is 3.84. The lowest BCUT2D eigenvalue weighted by atomic mass is 9.97. The first kappa shape index (κ1) is 10.9. The topological polar surface area (TPSA) is 92.0 Å². The number of H-pyrrole nitrogens is 1. The number of alkyl halides is 3. The van der Waals surface area contributed by atoms with Crippen LogP contribution in [0.5, 0.6) is 0 Å². The number of carbonyl (C=O) groups is 1. The molecule has 1 aliphatic carbocycles. The Morgan fingerprint density at radius 1 is 1.50 bits per heavy atom. The molecule has 0 aliphatic heterocycles. The molecule has 5 nitrogen and oxygen atoms in total. The molecule has 2 rings (SSSR count). The number of nitrogens with two attached hydrogens (primary N) is 1. The van der Waals surface area contributed by atoms with Gasteiger partial charge in [-0.15, -0.1) is 0 Å². The van der Waals surface area contributed by atoms with Gasteiger partial charge < -0.3 is 10.8 Å². The summed E-state index contributed by atoms with van der Waals surface area (Å²) >= 11 is 0. The number of carboxylic acid groups (broad SMARTS) is 1. The van der Waals surface area contributed by atoms with Crippen molar-refractivity contribution < 1.29 is 23.1 Å². The third kappa shape index (κ3) is 1.45. The Morgan fingerprint density at radius 3 is 2.62 bits per heavy atom. The SMILES string of the molecule is NC1(C(=O)O)Cc2[nH]nc(C(F)(F)F)c2C1. The number of hydrogen-bond donors (Lipinski definition) is 3. The predicted octanol–water partition coefficient (Wildman–Crippen LogP) is 0.309. The first-order valence-corrected chi connectivity index (χ1v) is 4.39. The van der Waals surface area contributed by atoms with E-state index in [1.807, 2.05) is 0 Å². The van der Waals surface area contributed by atoms with Crippen molar-refractivity contribution in [1.29, 1.82) is 0 Å². The Balaban J connectivity index is 2.40. The summed E-state index contributed by atoms with van der Waals surface area (Å²) in [6.07, 6.45) is -5.11. The van der Waals surface area contributed by atoms with Crippen molar-refractivity contribution in [2.75, 3.05) is 0 Å². The molecule has 1 heterocycles. The van der Waals surface area contributed by atoms with E-state index in [9.17, 15) is 18.0 Å². The third-order valence-electron chi connectivity index (χ3n) is 2.63. The number of halogens is 3. The van der Waals surface area contributed by atoms with Crippen LogP contribution in [0, 0.1) is 0 Å². The van der Waals surface area contributed by atoms with Gasteiger partial charge in [-0.3, -0.25) is 9.89 Å². The van der Waals surface area contributed by atoms with Crippen LogP contribution in [0.2, 0.25) is 0 Å². The lowest BCUT2D eigenvalue weighted by Crippen LogP contribution is -2.49. The zero-order valence-electron chi connectivity index (χ0n) is 7.93. The van der Waals surface area contributed by atoms with Gasteiger partial charge in [-0.25, -0.2) is 0 Å². The van der Waals surface area contributed by atoms with Crippen LogP contribution >= 0.6 is 0 Å². The summed E-state index contributed by atoms with van der Waals surface area (Å²) in [4.78, 5) is 10.8. The molecule has 0 fully saturated rings. The molecule has 0 amide bonds. The second kappa shape index (κ2) is 2.97. The molecule has 1 aliphatic rings. The first-order chi connectivity index (χ1) is 7.24. The largest absolute Gasteiger partial charge is 0.480 e. The maximum Gasteiger partial charge on any atom is 0.435 e. The van der Waals surface area contributed by atoms with Crippen molar-refractivity contribution in [3.8, 4) is 0 Å². The number of fused-ring (bicyclic) bond motifs is 1. The van der Waals surface area contributed by atoms with Crippen LogP contribution in [0.15, 0.2) is 0 Å². The second-order valence-electron chi connectivity index (χ2n) is 3.84. The van der Waals surface area contributed by atoms with Gasteiger partial charge in [0.15, 0.2) is 5.69 Å². The molecule has 0 spiro atoms. The fourth-order valence-corrected chi connectivity index (χ4v) is 1.82. The smallest absolute Gasteiger partial charge is 0.435 e. The van der Waals surface area contributed by atoms with Crippen molar-refractivity contribution in [2.45, 2.75) is 24.6 Å². The minimum Gasteiger partial charge on any atom is -0.480 e. The number of aromatic amines is 1. The zero-order chi connectivity index (χ0) is 12.1. The van der Waals surface area contributed by atoms with E-state index in [4.69, 9.17) is 10.8 Å². The van der Waals surface area contributed by atoms with E-state index in [-0.39, 0.29) is 24.1 Å². The summed E-state index contributed by atoms with van der Waals surface area (Å²) in [5.74, 6) is -1.31. The van der Waals surface area contributed by atoms with Crippen molar-refractivity contribution in [3.05, 3.63) is 17.0 Å². The van der Waals surface area contributed by atoms with Crippen LogP contribution < -0.4 is 5.73 Å². The number of aliphatic carboxylic acids is 1. The minimum absolute atomic E-state index is 0.141. The molecule has 16 heavy (non-hydrogen) atoms. The normalized spacial score (nSPS) is 24.5. The standard InChI is InChI=1S/C8H8F3N3O2/c9-8(10,11)5-3-1-7(12,6(15)16)2-4(3)13-14-5/h1-2,12H2,(H,13,14)(H,15,16). The van der Waals surface area contributed by atoms with Crippen LogP contribution in [0.25, 0.3) is 0 Å². The fraction of sp³-hybridized carbons (Fsp3) is 0.500. The van der Waals surface area contributed by atoms with Crippen molar-refractivity contribution in [2.24, 2.45) is 5.73 Å². The Kier molecular flexibility index (Phi) is 2.03. The van der Waals surface area contributed by atoms with Crippen LogP contribution in [0.3, 0.4) is 0 Å². The highest BCUT2D eigenvalue weighted by molar-refractivity contribution is 5.80. The molecule has 4 N–H and O–H groups in total. The molecule has 1 aromatic heterocycles. The number of carboxylic acids is 1.